The van der Waals surface area contributed by atoms with Crippen molar-refractivity contribution < 1.29 is 24.5 Å². The Bertz CT molecular complexity index is 1220. The molecule has 0 aromatic heterocycles. The Hall–Kier alpha value is -3.84. The molecule has 7 heteroatoms. The lowest BCUT2D eigenvalue weighted by atomic mass is 9.94. The van der Waals surface area contributed by atoms with E-state index < -0.39 is 5.41 Å². The molecule has 4 rings (SSSR count). The molecule has 0 bridgehead atoms. The average molecular weight is 461 g/mol. The molecule has 2 amide bonds. The van der Waals surface area contributed by atoms with Crippen LogP contribution in [0.4, 0.5) is 5.69 Å². The highest BCUT2D eigenvalue weighted by atomic mass is 16.5. The van der Waals surface area contributed by atoms with Gasteiger partial charge in [-0.1, -0.05) is 24.3 Å². The van der Waals surface area contributed by atoms with Crippen molar-refractivity contribution in [3.8, 4) is 22.6 Å². The number of ether oxygens (including phenoxy) is 1. The van der Waals surface area contributed by atoms with E-state index in [0.29, 0.717) is 42.8 Å². The summed E-state index contributed by atoms with van der Waals surface area (Å²) in [5, 5.41) is 25.3. The van der Waals surface area contributed by atoms with Crippen LogP contribution in [0.3, 0.4) is 0 Å². The maximum absolute atomic E-state index is 13.1. The van der Waals surface area contributed by atoms with Crippen molar-refractivity contribution in [2.45, 2.75) is 25.2 Å². The van der Waals surface area contributed by atoms with Crippen LogP contribution in [0.2, 0.25) is 0 Å². The zero-order chi connectivity index (χ0) is 24.3. The molecule has 7 nitrogen and oxygen atoms in total. The molecule has 0 heterocycles. The zero-order valence-electron chi connectivity index (χ0n) is 19.2. The quantitative estimate of drug-likeness (QED) is 0.299. The van der Waals surface area contributed by atoms with Gasteiger partial charge in [-0.3, -0.25) is 9.59 Å². The number of hydrogen-bond acceptors (Lipinski definition) is 5. The van der Waals surface area contributed by atoms with Crippen molar-refractivity contribution >= 4 is 17.5 Å². The normalized spacial score (nSPS) is 13.8. The van der Waals surface area contributed by atoms with Gasteiger partial charge in [0.05, 0.1) is 12.0 Å². The lowest BCUT2D eigenvalue weighted by Crippen LogP contribution is -2.27. The van der Waals surface area contributed by atoms with Crippen LogP contribution in [-0.2, 0) is 14.9 Å². The number of phenols is 2. The fourth-order valence-electron chi connectivity index (χ4n) is 4.02. The molecule has 0 saturated heterocycles. The molecule has 176 valence electrons. The summed E-state index contributed by atoms with van der Waals surface area (Å²) in [5.41, 5.74) is 4.15. The van der Waals surface area contributed by atoms with Crippen LogP contribution in [0.1, 0.15) is 34.3 Å². The fraction of sp³-hybridized carbons (Fsp3) is 0.259. The van der Waals surface area contributed by atoms with Crippen molar-refractivity contribution in [3.63, 3.8) is 0 Å². The first-order chi connectivity index (χ1) is 16.3. The summed E-state index contributed by atoms with van der Waals surface area (Å²) in [6.07, 6.45) is 1.35. The Morgan fingerprint density at radius 3 is 2.35 bits per heavy atom. The molecule has 1 saturated carbocycles. The first-order valence-electron chi connectivity index (χ1n) is 11.2. The van der Waals surface area contributed by atoms with Crippen molar-refractivity contribution in [2.75, 3.05) is 25.6 Å². The minimum atomic E-state index is -0.700. The summed E-state index contributed by atoms with van der Waals surface area (Å²) in [6.45, 7) is 2.90. The van der Waals surface area contributed by atoms with Gasteiger partial charge in [0.15, 0.2) is 11.5 Å². The second-order valence-corrected chi connectivity index (χ2v) is 8.60. The standard InChI is InChI=1S/C27H28N2O5/c1-17-3-9-21(29-26(33)27(11-12-27)20-8-10-23(30)24(31)15-20)16-22(17)18-4-6-19(7-5-18)25(32)28-13-14-34-2/h3-10,15-16,30-31H,11-14H2,1-2H3,(H,28,32)(H,29,33). The number of aromatic hydroxyl groups is 2. The molecule has 0 radical (unpaired) electrons. The van der Waals surface area contributed by atoms with Gasteiger partial charge < -0.3 is 25.6 Å². The highest BCUT2D eigenvalue weighted by Crippen LogP contribution is 2.50. The Morgan fingerprint density at radius 2 is 1.71 bits per heavy atom. The molecule has 3 aromatic rings. The van der Waals surface area contributed by atoms with Gasteiger partial charge in [0, 0.05) is 24.9 Å². The lowest BCUT2D eigenvalue weighted by Gasteiger charge is -2.17. The number of methoxy groups -OCH3 is 1. The Labute approximate surface area is 198 Å². The van der Waals surface area contributed by atoms with E-state index in [9.17, 15) is 19.8 Å². The predicted molar refractivity (Wildman–Crippen MR) is 130 cm³/mol. The topological polar surface area (TPSA) is 108 Å². The van der Waals surface area contributed by atoms with E-state index in [2.05, 4.69) is 10.6 Å². The molecular formula is C27H28N2O5. The molecular weight excluding hydrogens is 432 g/mol. The summed E-state index contributed by atoms with van der Waals surface area (Å²) in [7, 11) is 1.59. The Balaban J connectivity index is 1.51. The second kappa shape index (κ2) is 9.57. The second-order valence-electron chi connectivity index (χ2n) is 8.60. The van der Waals surface area contributed by atoms with E-state index in [1.807, 2.05) is 37.3 Å². The third-order valence-corrected chi connectivity index (χ3v) is 6.26. The number of hydrogen-bond donors (Lipinski definition) is 4. The molecule has 1 aliphatic carbocycles. The Morgan fingerprint density at radius 1 is 0.971 bits per heavy atom. The average Bonchev–Trinajstić information content (AvgIpc) is 3.64. The van der Waals surface area contributed by atoms with Crippen molar-refractivity contribution in [2.24, 2.45) is 0 Å². The molecule has 1 fully saturated rings. The molecule has 0 unspecified atom stereocenters. The van der Waals surface area contributed by atoms with Crippen molar-refractivity contribution in [3.05, 3.63) is 77.4 Å². The van der Waals surface area contributed by atoms with Crippen molar-refractivity contribution in [1.29, 1.82) is 0 Å². The maximum Gasteiger partial charge on any atom is 0.251 e. The first-order valence-corrected chi connectivity index (χ1v) is 11.2. The minimum Gasteiger partial charge on any atom is -0.504 e. The van der Waals surface area contributed by atoms with Crippen LogP contribution < -0.4 is 10.6 Å². The van der Waals surface area contributed by atoms with Gasteiger partial charge in [0.2, 0.25) is 5.91 Å². The SMILES string of the molecule is COCCNC(=O)c1ccc(-c2cc(NC(=O)C3(c4ccc(O)c(O)c4)CC3)ccc2C)cc1. The molecule has 0 aliphatic heterocycles. The number of nitrogens with one attached hydrogen (secondary N) is 2. The smallest absolute Gasteiger partial charge is 0.251 e. The lowest BCUT2D eigenvalue weighted by molar-refractivity contribution is -0.118. The number of aryl methyl sites for hydroxylation is 1. The summed E-state index contributed by atoms with van der Waals surface area (Å²) in [6, 6.07) is 17.6. The van der Waals surface area contributed by atoms with Gasteiger partial charge in [-0.25, -0.2) is 0 Å². The number of amides is 2. The number of benzene rings is 3. The summed E-state index contributed by atoms with van der Waals surface area (Å²) < 4.78 is 4.95. The minimum absolute atomic E-state index is 0.143. The number of carbonyl (C=O) groups excluding carboxylic acids is 2. The third-order valence-electron chi connectivity index (χ3n) is 6.26. The molecule has 1 aliphatic rings. The first kappa shape index (κ1) is 23.3. The monoisotopic (exact) mass is 460 g/mol. The highest BCUT2D eigenvalue weighted by Gasteiger charge is 2.51. The molecule has 3 aromatic carbocycles. The number of phenolic OH excluding ortho intramolecular Hbond substituents is 2. The number of rotatable bonds is 8. The van der Waals surface area contributed by atoms with Crippen LogP contribution in [0.15, 0.2) is 60.7 Å². The zero-order valence-corrected chi connectivity index (χ0v) is 19.2. The number of carbonyl (C=O) groups is 2. The van der Waals surface area contributed by atoms with Gasteiger partial charge in [-0.05, 0) is 78.4 Å². The molecule has 0 atom stereocenters. The summed E-state index contributed by atoms with van der Waals surface area (Å²) in [4.78, 5) is 25.4. The summed E-state index contributed by atoms with van der Waals surface area (Å²) in [5.74, 6) is -0.738. The van der Waals surface area contributed by atoms with Gasteiger partial charge in [0.25, 0.3) is 5.91 Å². The summed E-state index contributed by atoms with van der Waals surface area (Å²) >= 11 is 0. The van der Waals surface area contributed by atoms with E-state index in [4.69, 9.17) is 4.74 Å². The van der Waals surface area contributed by atoms with E-state index in [1.54, 1.807) is 25.3 Å². The van der Waals surface area contributed by atoms with Gasteiger partial charge in [-0.2, -0.15) is 0 Å². The highest BCUT2D eigenvalue weighted by molar-refractivity contribution is 6.02. The van der Waals surface area contributed by atoms with Crippen LogP contribution in [0, 0.1) is 6.92 Å². The van der Waals surface area contributed by atoms with Crippen LogP contribution >= 0.6 is 0 Å². The predicted octanol–water partition coefficient (Wildman–Crippen LogP) is 4.12. The largest absolute Gasteiger partial charge is 0.504 e. The fourth-order valence-corrected chi connectivity index (χ4v) is 4.02. The van der Waals surface area contributed by atoms with Crippen LogP contribution in [0.5, 0.6) is 11.5 Å². The van der Waals surface area contributed by atoms with Gasteiger partial charge >= 0.3 is 0 Å². The third kappa shape index (κ3) is 4.75. The van der Waals surface area contributed by atoms with E-state index in [0.717, 1.165) is 16.7 Å². The van der Waals surface area contributed by atoms with Crippen LogP contribution in [-0.4, -0.2) is 42.3 Å². The van der Waals surface area contributed by atoms with E-state index >= 15 is 0 Å². The number of anilines is 1. The van der Waals surface area contributed by atoms with Crippen molar-refractivity contribution in [1.82, 2.24) is 5.32 Å². The van der Waals surface area contributed by atoms with E-state index in [1.165, 1.54) is 12.1 Å². The van der Waals surface area contributed by atoms with Gasteiger partial charge in [-0.15, -0.1) is 0 Å². The van der Waals surface area contributed by atoms with Gasteiger partial charge in [0.1, 0.15) is 0 Å². The van der Waals surface area contributed by atoms with E-state index in [-0.39, 0.29) is 23.3 Å². The molecule has 0 spiro atoms. The molecule has 34 heavy (non-hydrogen) atoms. The maximum atomic E-state index is 13.1. The van der Waals surface area contributed by atoms with Crippen LogP contribution in [0.25, 0.3) is 11.1 Å². The Kier molecular flexibility index (Phi) is 6.56. The molecule has 4 N–H and O–H groups in total.